The van der Waals surface area contributed by atoms with E-state index in [1.54, 1.807) is 0 Å². The second-order valence-corrected chi connectivity index (χ2v) is 6.51. The second-order valence-electron chi connectivity index (χ2n) is 5.37. The smallest absolute Gasteiger partial charge is 0.316 e. The minimum Gasteiger partial charge on any atom is -0.351 e. The number of nitrogens with one attached hydrogen (secondary N) is 2. The van der Waals surface area contributed by atoms with Gasteiger partial charge in [0.25, 0.3) is 0 Å². The fourth-order valence-electron chi connectivity index (χ4n) is 2.75. The Labute approximate surface area is 124 Å². The van der Waals surface area contributed by atoms with E-state index in [9.17, 15) is 4.79 Å². The highest BCUT2D eigenvalue weighted by atomic mass is 32.2. The van der Waals surface area contributed by atoms with E-state index in [2.05, 4.69) is 23.8 Å². The lowest BCUT2D eigenvalue weighted by Gasteiger charge is -2.20. The van der Waals surface area contributed by atoms with Gasteiger partial charge < -0.3 is 16.4 Å². The van der Waals surface area contributed by atoms with Crippen molar-refractivity contribution in [3.8, 4) is 0 Å². The van der Waals surface area contributed by atoms with Crippen LogP contribution < -0.4 is 16.4 Å². The molecule has 2 amide bonds. The van der Waals surface area contributed by atoms with E-state index in [1.165, 1.54) is 24.8 Å². The first-order valence-electron chi connectivity index (χ1n) is 7.03. The Bertz CT molecular complexity index is 449. The van der Waals surface area contributed by atoms with Crippen LogP contribution in [0.15, 0.2) is 24.3 Å². The van der Waals surface area contributed by atoms with Crippen LogP contribution in [0.5, 0.6) is 0 Å². The van der Waals surface area contributed by atoms with E-state index in [-0.39, 0.29) is 0 Å². The van der Waals surface area contributed by atoms with Gasteiger partial charge in [-0.2, -0.15) is 11.8 Å². The fraction of sp³-hybridized carbons (Fsp3) is 0.533. The van der Waals surface area contributed by atoms with Gasteiger partial charge in [-0.1, -0.05) is 12.1 Å². The van der Waals surface area contributed by atoms with Crippen molar-refractivity contribution in [1.29, 1.82) is 0 Å². The van der Waals surface area contributed by atoms with Crippen molar-refractivity contribution in [2.24, 2.45) is 5.73 Å². The van der Waals surface area contributed by atoms with E-state index in [0.717, 1.165) is 10.9 Å². The third-order valence-corrected chi connectivity index (χ3v) is 4.98. The maximum absolute atomic E-state index is 10.8. The van der Waals surface area contributed by atoms with Gasteiger partial charge in [-0.15, -0.1) is 0 Å². The molecule has 2 rings (SSSR count). The van der Waals surface area contributed by atoms with Crippen LogP contribution in [-0.4, -0.2) is 23.6 Å². The molecule has 0 spiro atoms. The Hall–Kier alpha value is -1.20. The fourth-order valence-corrected chi connectivity index (χ4v) is 3.55. The Morgan fingerprint density at radius 2 is 2.05 bits per heavy atom. The van der Waals surface area contributed by atoms with Crippen LogP contribution >= 0.6 is 11.8 Å². The summed E-state index contributed by atoms with van der Waals surface area (Å²) in [5.41, 5.74) is 7.06. The summed E-state index contributed by atoms with van der Waals surface area (Å²) in [5, 5.41) is 7.07. The standard InChI is InChI=1S/C15H23N3OS/c1-10(17-13-7-8-14(9-13)20-2)11-3-5-12(6-4-11)18-15(16)19/h3-6,10,13-14,17H,7-9H2,1-2H3,(H3,16,18,19). The highest BCUT2D eigenvalue weighted by Gasteiger charge is 2.24. The van der Waals surface area contributed by atoms with Crippen molar-refractivity contribution in [2.45, 2.75) is 43.5 Å². The van der Waals surface area contributed by atoms with Crippen LogP contribution in [0.3, 0.4) is 0 Å². The maximum Gasteiger partial charge on any atom is 0.316 e. The minimum absolute atomic E-state index is 0.322. The largest absolute Gasteiger partial charge is 0.351 e. The van der Waals surface area contributed by atoms with Crippen molar-refractivity contribution in [2.75, 3.05) is 11.6 Å². The molecule has 1 aromatic rings. The number of benzene rings is 1. The molecule has 4 N–H and O–H groups in total. The summed E-state index contributed by atoms with van der Waals surface area (Å²) in [6.45, 7) is 2.18. The highest BCUT2D eigenvalue weighted by Crippen LogP contribution is 2.29. The van der Waals surface area contributed by atoms with Crippen molar-refractivity contribution in [3.63, 3.8) is 0 Å². The number of urea groups is 1. The summed E-state index contributed by atoms with van der Waals surface area (Å²) in [6, 6.07) is 8.25. The number of anilines is 1. The van der Waals surface area contributed by atoms with E-state index >= 15 is 0 Å². The quantitative estimate of drug-likeness (QED) is 0.781. The van der Waals surface area contributed by atoms with Gasteiger partial charge in [-0.3, -0.25) is 0 Å². The zero-order chi connectivity index (χ0) is 14.5. The Balaban J connectivity index is 1.89. The molecule has 0 aromatic heterocycles. The Kier molecular flexibility index (Phi) is 5.31. The third kappa shape index (κ3) is 4.15. The third-order valence-electron chi connectivity index (χ3n) is 3.88. The first-order valence-corrected chi connectivity index (χ1v) is 8.32. The molecule has 5 heteroatoms. The molecule has 0 heterocycles. The molecule has 1 aromatic carbocycles. The molecule has 0 saturated heterocycles. The van der Waals surface area contributed by atoms with Crippen LogP contribution in [0.25, 0.3) is 0 Å². The van der Waals surface area contributed by atoms with Gasteiger partial charge in [-0.05, 0) is 50.1 Å². The van der Waals surface area contributed by atoms with E-state index in [0.29, 0.717) is 12.1 Å². The SMILES string of the molecule is CSC1CCC(NC(C)c2ccc(NC(N)=O)cc2)C1. The monoisotopic (exact) mass is 293 g/mol. The number of hydrogen-bond donors (Lipinski definition) is 3. The molecule has 0 aliphatic heterocycles. The van der Waals surface area contributed by atoms with Gasteiger partial charge in [0.15, 0.2) is 0 Å². The zero-order valence-corrected chi connectivity index (χ0v) is 12.9. The average Bonchev–Trinajstić information content (AvgIpc) is 2.86. The van der Waals surface area contributed by atoms with Gasteiger partial charge in [-0.25, -0.2) is 4.79 Å². The molecule has 1 aliphatic carbocycles. The Morgan fingerprint density at radius 1 is 1.35 bits per heavy atom. The number of hydrogen-bond acceptors (Lipinski definition) is 3. The minimum atomic E-state index is -0.530. The van der Waals surface area contributed by atoms with Crippen molar-refractivity contribution < 1.29 is 4.79 Å². The van der Waals surface area contributed by atoms with E-state index in [1.807, 2.05) is 36.0 Å². The summed E-state index contributed by atoms with van der Waals surface area (Å²) in [7, 11) is 0. The normalized spacial score (nSPS) is 23.5. The predicted molar refractivity (Wildman–Crippen MR) is 86.1 cm³/mol. The van der Waals surface area contributed by atoms with Gasteiger partial charge in [0.05, 0.1) is 0 Å². The van der Waals surface area contributed by atoms with Crippen LogP contribution in [0.4, 0.5) is 10.5 Å². The molecule has 4 nitrogen and oxygen atoms in total. The van der Waals surface area contributed by atoms with Crippen LogP contribution in [0, 0.1) is 0 Å². The molecular weight excluding hydrogens is 270 g/mol. The molecule has 20 heavy (non-hydrogen) atoms. The zero-order valence-electron chi connectivity index (χ0n) is 12.1. The number of nitrogens with two attached hydrogens (primary N) is 1. The number of thioether (sulfide) groups is 1. The summed E-state index contributed by atoms with van der Waals surface area (Å²) >= 11 is 1.97. The number of carbonyl (C=O) groups excluding carboxylic acids is 1. The molecule has 1 saturated carbocycles. The number of rotatable bonds is 5. The van der Waals surface area contributed by atoms with Gasteiger partial charge in [0, 0.05) is 23.0 Å². The van der Waals surface area contributed by atoms with Crippen LogP contribution in [0.2, 0.25) is 0 Å². The van der Waals surface area contributed by atoms with Crippen molar-refractivity contribution >= 4 is 23.5 Å². The molecular formula is C15H23N3OS. The molecule has 110 valence electrons. The molecule has 3 unspecified atom stereocenters. The predicted octanol–water partition coefficient (Wildman–Crippen LogP) is 3.11. The topological polar surface area (TPSA) is 67.2 Å². The van der Waals surface area contributed by atoms with Gasteiger partial charge in [0.2, 0.25) is 0 Å². The average molecular weight is 293 g/mol. The first-order chi connectivity index (χ1) is 9.58. The van der Waals surface area contributed by atoms with E-state index < -0.39 is 6.03 Å². The van der Waals surface area contributed by atoms with Crippen molar-refractivity contribution in [3.05, 3.63) is 29.8 Å². The van der Waals surface area contributed by atoms with Crippen molar-refractivity contribution in [1.82, 2.24) is 5.32 Å². The highest BCUT2D eigenvalue weighted by molar-refractivity contribution is 7.99. The summed E-state index contributed by atoms with van der Waals surface area (Å²) in [4.78, 5) is 10.8. The molecule has 0 bridgehead atoms. The number of amides is 2. The van der Waals surface area contributed by atoms with Gasteiger partial charge >= 0.3 is 6.03 Å². The van der Waals surface area contributed by atoms with E-state index in [4.69, 9.17) is 5.73 Å². The molecule has 3 atom stereocenters. The summed E-state index contributed by atoms with van der Waals surface area (Å²) < 4.78 is 0. The van der Waals surface area contributed by atoms with Gasteiger partial charge in [0.1, 0.15) is 0 Å². The lowest BCUT2D eigenvalue weighted by Crippen LogP contribution is -2.29. The lowest BCUT2D eigenvalue weighted by molar-refractivity contribution is 0.259. The Morgan fingerprint density at radius 3 is 2.60 bits per heavy atom. The summed E-state index contributed by atoms with van der Waals surface area (Å²) in [5.74, 6) is 0. The molecule has 1 fully saturated rings. The maximum atomic E-state index is 10.8. The number of primary amides is 1. The summed E-state index contributed by atoms with van der Waals surface area (Å²) in [6.07, 6.45) is 6.03. The molecule has 0 radical (unpaired) electrons. The first kappa shape index (κ1) is 15.2. The lowest BCUT2D eigenvalue weighted by atomic mass is 10.1. The second kappa shape index (κ2) is 6.99. The number of carbonyl (C=O) groups is 1. The van der Waals surface area contributed by atoms with Crippen LogP contribution in [0.1, 0.15) is 37.8 Å². The molecule has 1 aliphatic rings. The van der Waals surface area contributed by atoms with Crippen LogP contribution in [-0.2, 0) is 0 Å².